The van der Waals surface area contributed by atoms with Gasteiger partial charge in [-0.15, -0.1) is 12.4 Å². The number of hydrogen-bond donors (Lipinski definition) is 2. The lowest BCUT2D eigenvalue weighted by atomic mass is 9.87. The van der Waals surface area contributed by atoms with E-state index in [9.17, 15) is 9.59 Å². The summed E-state index contributed by atoms with van der Waals surface area (Å²) < 4.78 is 0. The molecule has 0 saturated carbocycles. The summed E-state index contributed by atoms with van der Waals surface area (Å²) in [5, 5.41) is 3.18. The van der Waals surface area contributed by atoms with Crippen LogP contribution in [0.4, 0.5) is 5.69 Å². The van der Waals surface area contributed by atoms with Gasteiger partial charge in [0, 0.05) is 24.6 Å². The second-order valence-corrected chi connectivity index (χ2v) is 5.25. The van der Waals surface area contributed by atoms with Gasteiger partial charge < -0.3 is 16.0 Å². The van der Waals surface area contributed by atoms with Crippen molar-refractivity contribution in [2.45, 2.75) is 13.3 Å². The SMILES string of the molecule is CC(C(=O)N(CCC(N)=O)c1ccccc1)C1CNC1.Cl. The Kier molecular flexibility index (Phi) is 6.65. The number of nitrogens with two attached hydrogens (primary N) is 1. The molecule has 2 amide bonds. The lowest BCUT2D eigenvalue weighted by Crippen LogP contribution is -2.50. The van der Waals surface area contributed by atoms with E-state index >= 15 is 0 Å². The number of primary amides is 1. The second-order valence-electron chi connectivity index (χ2n) is 5.25. The molecule has 6 heteroatoms. The molecule has 3 N–H and O–H groups in total. The van der Waals surface area contributed by atoms with Gasteiger partial charge in [0.2, 0.25) is 11.8 Å². The average molecular weight is 312 g/mol. The van der Waals surface area contributed by atoms with E-state index in [1.807, 2.05) is 37.3 Å². The van der Waals surface area contributed by atoms with E-state index in [-0.39, 0.29) is 30.7 Å². The van der Waals surface area contributed by atoms with Gasteiger partial charge in [0.15, 0.2) is 0 Å². The fraction of sp³-hybridized carbons (Fsp3) is 0.467. The van der Waals surface area contributed by atoms with E-state index in [4.69, 9.17) is 5.73 Å². The van der Waals surface area contributed by atoms with Crippen molar-refractivity contribution in [3.63, 3.8) is 0 Å². The van der Waals surface area contributed by atoms with Gasteiger partial charge in [0.1, 0.15) is 0 Å². The van der Waals surface area contributed by atoms with Crippen molar-refractivity contribution in [2.75, 3.05) is 24.5 Å². The molecule has 1 aromatic carbocycles. The molecule has 1 aromatic rings. The Labute approximate surface area is 131 Å². The maximum atomic E-state index is 12.6. The minimum atomic E-state index is -0.392. The molecule has 1 atom stereocenters. The Balaban J connectivity index is 0.00000220. The predicted octanol–water partition coefficient (Wildman–Crippen LogP) is 1.17. The van der Waals surface area contributed by atoms with Crippen LogP contribution in [0.2, 0.25) is 0 Å². The summed E-state index contributed by atoms with van der Waals surface area (Å²) in [4.78, 5) is 25.3. The van der Waals surface area contributed by atoms with E-state index in [0.717, 1.165) is 18.8 Å². The monoisotopic (exact) mass is 311 g/mol. The van der Waals surface area contributed by atoms with Crippen molar-refractivity contribution < 1.29 is 9.59 Å². The number of hydrogen-bond acceptors (Lipinski definition) is 3. The van der Waals surface area contributed by atoms with Gasteiger partial charge in [0.05, 0.1) is 0 Å². The minimum absolute atomic E-state index is 0. The zero-order chi connectivity index (χ0) is 14.5. The number of benzene rings is 1. The normalized spacial score (nSPS) is 15.5. The van der Waals surface area contributed by atoms with Gasteiger partial charge >= 0.3 is 0 Å². The van der Waals surface area contributed by atoms with Crippen LogP contribution in [0.3, 0.4) is 0 Å². The number of carbonyl (C=O) groups excluding carboxylic acids is 2. The first-order valence-corrected chi connectivity index (χ1v) is 6.95. The zero-order valence-corrected chi connectivity index (χ0v) is 12.9. The fourth-order valence-corrected chi connectivity index (χ4v) is 2.31. The molecule has 21 heavy (non-hydrogen) atoms. The highest BCUT2D eigenvalue weighted by Crippen LogP contribution is 2.22. The summed E-state index contributed by atoms with van der Waals surface area (Å²) in [6.45, 7) is 4.05. The van der Waals surface area contributed by atoms with Crippen molar-refractivity contribution >= 4 is 29.9 Å². The topological polar surface area (TPSA) is 75.4 Å². The molecule has 1 aliphatic rings. The summed E-state index contributed by atoms with van der Waals surface area (Å²) in [6, 6.07) is 9.43. The van der Waals surface area contributed by atoms with Crippen molar-refractivity contribution in [1.29, 1.82) is 0 Å². The van der Waals surface area contributed by atoms with Crippen LogP contribution in [0.1, 0.15) is 13.3 Å². The van der Waals surface area contributed by atoms with Gasteiger partial charge in [-0.25, -0.2) is 0 Å². The second kappa shape index (κ2) is 8.00. The summed E-state index contributed by atoms with van der Waals surface area (Å²) in [6.07, 6.45) is 0.177. The smallest absolute Gasteiger partial charge is 0.230 e. The van der Waals surface area contributed by atoms with Crippen LogP contribution >= 0.6 is 12.4 Å². The first-order chi connectivity index (χ1) is 9.59. The third kappa shape index (κ3) is 4.44. The molecular formula is C15H22ClN3O2. The zero-order valence-electron chi connectivity index (χ0n) is 12.1. The molecule has 1 saturated heterocycles. The largest absolute Gasteiger partial charge is 0.370 e. The molecule has 1 fully saturated rings. The highest BCUT2D eigenvalue weighted by Gasteiger charge is 2.32. The summed E-state index contributed by atoms with van der Waals surface area (Å²) >= 11 is 0. The molecule has 0 radical (unpaired) electrons. The molecule has 0 aromatic heterocycles. The first kappa shape index (κ1) is 17.5. The number of rotatable bonds is 6. The Hall–Kier alpha value is -1.59. The number of anilines is 1. The molecular weight excluding hydrogens is 290 g/mol. The molecule has 116 valence electrons. The highest BCUT2D eigenvalue weighted by atomic mass is 35.5. The molecule has 1 heterocycles. The van der Waals surface area contributed by atoms with Crippen LogP contribution < -0.4 is 16.0 Å². The lowest BCUT2D eigenvalue weighted by molar-refractivity contribution is -0.124. The molecule has 5 nitrogen and oxygen atoms in total. The van der Waals surface area contributed by atoms with E-state index < -0.39 is 5.91 Å². The third-order valence-electron chi connectivity index (χ3n) is 3.83. The summed E-state index contributed by atoms with van der Waals surface area (Å²) in [5.74, 6) is -0.00716. The van der Waals surface area contributed by atoms with Crippen molar-refractivity contribution in [3.8, 4) is 0 Å². The van der Waals surface area contributed by atoms with Gasteiger partial charge in [0.25, 0.3) is 0 Å². The Morgan fingerprint density at radius 1 is 1.33 bits per heavy atom. The number of carbonyl (C=O) groups is 2. The predicted molar refractivity (Wildman–Crippen MR) is 85.4 cm³/mol. The van der Waals surface area contributed by atoms with Crippen molar-refractivity contribution in [1.82, 2.24) is 5.32 Å². The van der Waals surface area contributed by atoms with Crippen LogP contribution in [-0.4, -0.2) is 31.4 Å². The van der Waals surface area contributed by atoms with Crippen LogP contribution in [0.5, 0.6) is 0 Å². The van der Waals surface area contributed by atoms with Crippen LogP contribution in [0.25, 0.3) is 0 Å². The van der Waals surface area contributed by atoms with Crippen LogP contribution in [-0.2, 0) is 9.59 Å². The van der Waals surface area contributed by atoms with E-state index in [0.29, 0.717) is 12.5 Å². The number of amides is 2. The van der Waals surface area contributed by atoms with E-state index in [1.54, 1.807) is 4.90 Å². The minimum Gasteiger partial charge on any atom is -0.370 e. The number of para-hydroxylation sites is 1. The van der Waals surface area contributed by atoms with Crippen molar-refractivity contribution in [2.24, 2.45) is 17.6 Å². The average Bonchev–Trinajstić information content (AvgIpc) is 2.37. The van der Waals surface area contributed by atoms with Crippen LogP contribution in [0, 0.1) is 11.8 Å². The molecule has 0 bridgehead atoms. The summed E-state index contributed by atoms with van der Waals surface area (Å²) in [5.41, 5.74) is 6.02. The number of halogens is 1. The number of nitrogens with one attached hydrogen (secondary N) is 1. The van der Waals surface area contributed by atoms with Gasteiger partial charge in [-0.1, -0.05) is 25.1 Å². The Morgan fingerprint density at radius 3 is 2.43 bits per heavy atom. The quantitative estimate of drug-likeness (QED) is 0.828. The fourth-order valence-electron chi connectivity index (χ4n) is 2.31. The molecule has 0 aliphatic carbocycles. The Morgan fingerprint density at radius 2 is 1.95 bits per heavy atom. The lowest BCUT2D eigenvalue weighted by Gasteiger charge is -2.35. The van der Waals surface area contributed by atoms with Gasteiger partial charge in [-0.3, -0.25) is 9.59 Å². The van der Waals surface area contributed by atoms with Crippen LogP contribution in [0.15, 0.2) is 30.3 Å². The van der Waals surface area contributed by atoms with Gasteiger partial charge in [-0.05, 0) is 31.1 Å². The third-order valence-corrected chi connectivity index (χ3v) is 3.83. The highest BCUT2D eigenvalue weighted by molar-refractivity contribution is 5.95. The maximum Gasteiger partial charge on any atom is 0.230 e. The number of nitrogens with zero attached hydrogens (tertiary/aromatic N) is 1. The first-order valence-electron chi connectivity index (χ1n) is 6.95. The standard InChI is InChI=1S/C15H21N3O2.ClH/c1-11(12-9-17-10-12)15(20)18(8-7-14(16)19)13-5-3-2-4-6-13;/h2-6,11-12,17H,7-10H2,1H3,(H2,16,19);1H. The van der Waals surface area contributed by atoms with Gasteiger partial charge in [-0.2, -0.15) is 0 Å². The van der Waals surface area contributed by atoms with E-state index in [1.165, 1.54) is 0 Å². The maximum absolute atomic E-state index is 12.6. The molecule has 1 aliphatic heterocycles. The van der Waals surface area contributed by atoms with E-state index in [2.05, 4.69) is 5.32 Å². The Bertz CT molecular complexity index is 477. The summed E-state index contributed by atoms with van der Waals surface area (Å²) in [7, 11) is 0. The molecule has 2 rings (SSSR count). The molecule has 1 unspecified atom stereocenters. The molecule has 0 spiro atoms. The van der Waals surface area contributed by atoms with Crippen molar-refractivity contribution in [3.05, 3.63) is 30.3 Å².